The Kier molecular flexibility index (Phi) is 6.15. The van der Waals surface area contributed by atoms with Crippen LogP contribution in [-0.2, 0) is 0 Å². The number of nitrogens with one attached hydrogen (secondary N) is 2. The van der Waals surface area contributed by atoms with Crippen molar-refractivity contribution >= 4 is 39.8 Å². The zero-order valence-corrected chi connectivity index (χ0v) is 20.9. The fraction of sp³-hybridized carbons (Fsp3) is 0.185. The Bertz CT molecular complexity index is 1560. The van der Waals surface area contributed by atoms with Gasteiger partial charge in [-0.25, -0.2) is 14.4 Å². The smallest absolute Gasteiger partial charge is 0.132 e. The molecule has 8 nitrogen and oxygen atoms in total. The number of likely N-dealkylation sites (N-methyl/N-ethyl adjacent to an activating group) is 1. The average molecular weight is 515 g/mol. The molecular formula is C27H24ClFN8. The number of aromatic nitrogens is 5. The number of benzene rings is 1. The molecule has 10 heteroatoms. The molecule has 1 aliphatic rings. The van der Waals surface area contributed by atoms with Gasteiger partial charge in [0.2, 0.25) is 0 Å². The van der Waals surface area contributed by atoms with Gasteiger partial charge in [-0.15, -0.1) is 0 Å². The molecule has 186 valence electrons. The summed E-state index contributed by atoms with van der Waals surface area (Å²) >= 11 is 6.11. The minimum atomic E-state index is -0.394. The number of halogens is 2. The van der Waals surface area contributed by atoms with Crippen LogP contribution in [-0.4, -0.2) is 63.3 Å². The zero-order valence-electron chi connectivity index (χ0n) is 20.1. The number of nitrogens with zero attached hydrogens (tertiary/aromatic N) is 6. The first-order valence-corrected chi connectivity index (χ1v) is 12.3. The van der Waals surface area contributed by atoms with Gasteiger partial charge in [-0.1, -0.05) is 11.6 Å². The molecular weight excluding hydrogens is 491 g/mol. The molecule has 5 aromatic rings. The number of hydrogen-bond donors (Lipinski definition) is 2. The van der Waals surface area contributed by atoms with Gasteiger partial charge in [0, 0.05) is 42.3 Å². The Morgan fingerprint density at radius 2 is 1.76 bits per heavy atom. The van der Waals surface area contributed by atoms with E-state index >= 15 is 0 Å². The van der Waals surface area contributed by atoms with E-state index in [4.69, 9.17) is 16.6 Å². The van der Waals surface area contributed by atoms with Crippen LogP contribution >= 0.6 is 11.6 Å². The molecule has 0 spiro atoms. The Balaban J connectivity index is 1.25. The van der Waals surface area contributed by atoms with Gasteiger partial charge in [0.25, 0.3) is 0 Å². The molecule has 0 radical (unpaired) electrons. The number of H-pyrrole nitrogens is 1. The number of rotatable bonds is 5. The van der Waals surface area contributed by atoms with Crippen molar-refractivity contribution in [2.75, 3.05) is 43.4 Å². The predicted molar refractivity (Wildman–Crippen MR) is 145 cm³/mol. The Hall–Kier alpha value is -4.08. The van der Waals surface area contributed by atoms with Gasteiger partial charge in [-0.2, -0.15) is 5.10 Å². The highest BCUT2D eigenvalue weighted by atomic mass is 35.5. The van der Waals surface area contributed by atoms with Crippen LogP contribution in [0.25, 0.3) is 33.5 Å². The van der Waals surface area contributed by atoms with Gasteiger partial charge in [-0.05, 0) is 55.6 Å². The lowest BCUT2D eigenvalue weighted by atomic mass is 10.0. The maximum absolute atomic E-state index is 14.5. The lowest BCUT2D eigenvalue weighted by Gasteiger charge is -2.33. The summed E-state index contributed by atoms with van der Waals surface area (Å²) in [5.74, 6) is 0.332. The number of pyridine rings is 3. The van der Waals surface area contributed by atoms with Crippen LogP contribution in [0.3, 0.4) is 0 Å². The van der Waals surface area contributed by atoms with Crippen LogP contribution in [0.5, 0.6) is 0 Å². The molecule has 4 aromatic heterocycles. The summed E-state index contributed by atoms with van der Waals surface area (Å²) < 4.78 is 14.5. The zero-order chi connectivity index (χ0) is 25.4. The largest absolute Gasteiger partial charge is 0.368 e. The highest BCUT2D eigenvalue weighted by Crippen LogP contribution is 2.33. The van der Waals surface area contributed by atoms with Crippen molar-refractivity contribution in [3.8, 4) is 22.5 Å². The fourth-order valence-electron chi connectivity index (χ4n) is 4.46. The summed E-state index contributed by atoms with van der Waals surface area (Å²) in [4.78, 5) is 18.6. The van der Waals surface area contributed by atoms with Gasteiger partial charge in [0.15, 0.2) is 0 Å². The summed E-state index contributed by atoms with van der Waals surface area (Å²) in [7, 11) is 2.14. The van der Waals surface area contributed by atoms with Crippen LogP contribution < -0.4 is 10.2 Å². The molecule has 0 aliphatic carbocycles. The van der Waals surface area contributed by atoms with Crippen molar-refractivity contribution in [1.82, 2.24) is 30.0 Å². The highest BCUT2D eigenvalue weighted by Gasteiger charge is 2.17. The molecule has 0 atom stereocenters. The fourth-order valence-corrected chi connectivity index (χ4v) is 4.63. The SMILES string of the molecule is CN1CCN(c2ccc(Nc3cnc4ccc(-c5cn[nH]c5-c5cc(Cl)ccc5F)nc4c3)nc2)CC1. The summed E-state index contributed by atoms with van der Waals surface area (Å²) in [6.45, 7) is 4.09. The van der Waals surface area contributed by atoms with E-state index in [-0.39, 0.29) is 0 Å². The van der Waals surface area contributed by atoms with E-state index in [9.17, 15) is 4.39 Å². The third kappa shape index (κ3) is 4.83. The first-order chi connectivity index (χ1) is 18.0. The second-order valence-corrected chi connectivity index (χ2v) is 9.49. The van der Waals surface area contributed by atoms with Gasteiger partial charge in [0.05, 0.1) is 52.4 Å². The standard InChI is InChI=1S/C27H24ClFN8/c1-36-8-10-37(11-9-36)19-3-7-26(31-15-19)33-18-13-25-24(30-14-18)6-5-23(34-25)21-16-32-35-27(21)20-12-17(28)2-4-22(20)29/h2-7,12-16H,8-11H2,1H3,(H,31,33)(H,32,35). The van der Waals surface area contributed by atoms with Crippen molar-refractivity contribution in [2.24, 2.45) is 0 Å². The van der Waals surface area contributed by atoms with Gasteiger partial charge in [0.1, 0.15) is 11.6 Å². The van der Waals surface area contributed by atoms with Crippen molar-refractivity contribution in [3.05, 3.63) is 78.0 Å². The van der Waals surface area contributed by atoms with Gasteiger partial charge in [-0.3, -0.25) is 10.1 Å². The number of anilines is 3. The quantitative estimate of drug-likeness (QED) is 0.326. The van der Waals surface area contributed by atoms with E-state index in [0.29, 0.717) is 33.1 Å². The molecule has 0 amide bonds. The second-order valence-electron chi connectivity index (χ2n) is 9.06. The van der Waals surface area contributed by atoms with Crippen LogP contribution in [0.15, 0.2) is 67.1 Å². The maximum Gasteiger partial charge on any atom is 0.132 e. The van der Waals surface area contributed by atoms with Crippen molar-refractivity contribution in [3.63, 3.8) is 0 Å². The van der Waals surface area contributed by atoms with E-state index in [2.05, 4.69) is 48.4 Å². The summed E-state index contributed by atoms with van der Waals surface area (Å²) in [6, 6.07) is 14.1. The summed E-state index contributed by atoms with van der Waals surface area (Å²) in [6.07, 6.45) is 5.28. The normalized spacial score (nSPS) is 14.3. The first-order valence-electron chi connectivity index (χ1n) is 12.0. The van der Waals surface area contributed by atoms with E-state index in [1.165, 1.54) is 12.1 Å². The maximum atomic E-state index is 14.5. The topological polar surface area (TPSA) is 85.9 Å². The summed E-state index contributed by atoms with van der Waals surface area (Å²) in [5.41, 5.74) is 5.48. The Morgan fingerprint density at radius 3 is 2.57 bits per heavy atom. The molecule has 1 aromatic carbocycles. The molecule has 5 heterocycles. The van der Waals surface area contributed by atoms with Crippen molar-refractivity contribution in [1.29, 1.82) is 0 Å². The van der Waals surface area contributed by atoms with Crippen molar-refractivity contribution < 1.29 is 4.39 Å². The molecule has 0 bridgehead atoms. The number of piperazine rings is 1. The van der Waals surface area contributed by atoms with Gasteiger partial charge < -0.3 is 15.1 Å². The van der Waals surface area contributed by atoms with E-state index in [1.54, 1.807) is 18.5 Å². The van der Waals surface area contributed by atoms with Gasteiger partial charge >= 0.3 is 0 Å². The third-order valence-electron chi connectivity index (χ3n) is 6.54. The molecule has 6 rings (SSSR count). The molecule has 0 saturated carbocycles. The minimum Gasteiger partial charge on any atom is -0.368 e. The molecule has 2 N–H and O–H groups in total. The van der Waals surface area contributed by atoms with Crippen molar-refractivity contribution in [2.45, 2.75) is 0 Å². The molecule has 1 saturated heterocycles. The predicted octanol–water partition coefficient (Wildman–Crippen LogP) is 5.37. The third-order valence-corrected chi connectivity index (χ3v) is 6.77. The van der Waals surface area contributed by atoms with Crippen LogP contribution in [0.1, 0.15) is 0 Å². The minimum absolute atomic E-state index is 0.335. The van der Waals surface area contributed by atoms with E-state index < -0.39 is 5.82 Å². The van der Waals surface area contributed by atoms with Crippen LogP contribution in [0, 0.1) is 5.82 Å². The lowest BCUT2D eigenvalue weighted by Crippen LogP contribution is -2.44. The Morgan fingerprint density at radius 1 is 0.892 bits per heavy atom. The molecule has 0 unspecified atom stereocenters. The molecule has 1 aliphatic heterocycles. The monoisotopic (exact) mass is 514 g/mol. The number of hydrogen-bond acceptors (Lipinski definition) is 7. The second kappa shape index (κ2) is 9.76. The molecule has 1 fully saturated rings. The van der Waals surface area contributed by atoms with E-state index in [0.717, 1.165) is 48.9 Å². The van der Waals surface area contributed by atoms with E-state index in [1.807, 2.05) is 30.5 Å². The highest BCUT2D eigenvalue weighted by molar-refractivity contribution is 6.30. The summed E-state index contributed by atoms with van der Waals surface area (Å²) in [5, 5.41) is 10.8. The lowest BCUT2D eigenvalue weighted by molar-refractivity contribution is 0.313. The van der Waals surface area contributed by atoms with Crippen LogP contribution in [0.2, 0.25) is 5.02 Å². The number of fused-ring (bicyclic) bond motifs is 1. The first kappa shape index (κ1) is 23.3. The van der Waals surface area contributed by atoms with Crippen LogP contribution in [0.4, 0.5) is 21.6 Å². The average Bonchev–Trinajstić information content (AvgIpc) is 3.40. The Labute approximate surface area is 218 Å². The number of aromatic amines is 1. The molecule has 37 heavy (non-hydrogen) atoms.